The number of anilines is 2. The minimum atomic E-state index is -0.193. The summed E-state index contributed by atoms with van der Waals surface area (Å²) in [6.45, 7) is 12.7. The molecule has 0 aliphatic carbocycles. The van der Waals surface area contributed by atoms with Crippen molar-refractivity contribution in [3.63, 3.8) is 0 Å². The molecule has 1 fully saturated rings. The molecule has 2 aromatic carbocycles. The maximum atomic E-state index is 12.8. The molecule has 0 atom stereocenters. The molecular weight excluding hydrogens is 594 g/mol. The molecule has 2 amide bonds. The van der Waals surface area contributed by atoms with Gasteiger partial charge >= 0.3 is 0 Å². The summed E-state index contributed by atoms with van der Waals surface area (Å²) < 4.78 is 7.12. The van der Waals surface area contributed by atoms with E-state index in [1.165, 1.54) is 6.33 Å². The van der Waals surface area contributed by atoms with E-state index in [0.29, 0.717) is 46.8 Å². The molecular formula is C35H41N9O3. The molecule has 5 aromatic rings. The van der Waals surface area contributed by atoms with Gasteiger partial charge in [0.25, 0.3) is 0 Å². The highest BCUT2D eigenvalue weighted by Gasteiger charge is 2.22. The predicted octanol–water partition coefficient (Wildman–Crippen LogP) is 4.63. The van der Waals surface area contributed by atoms with Crippen LogP contribution in [-0.2, 0) is 27.8 Å². The molecule has 1 aliphatic rings. The Labute approximate surface area is 273 Å². The number of hydrogen-bond acceptors (Lipinski definition) is 9. The molecule has 0 spiro atoms. The molecule has 47 heavy (non-hydrogen) atoms. The summed E-state index contributed by atoms with van der Waals surface area (Å²) in [6.07, 6.45) is 2.69. The molecule has 0 unspecified atom stereocenters. The van der Waals surface area contributed by atoms with Crippen molar-refractivity contribution in [3.8, 4) is 16.9 Å². The smallest absolute Gasteiger partial charge is 0.230 e. The number of nitrogen functional groups attached to an aromatic ring is 1. The van der Waals surface area contributed by atoms with Gasteiger partial charge in [-0.05, 0) is 42.8 Å². The second-order valence-corrected chi connectivity index (χ2v) is 12.9. The third-order valence-corrected chi connectivity index (χ3v) is 8.56. The summed E-state index contributed by atoms with van der Waals surface area (Å²) in [7, 11) is 0. The van der Waals surface area contributed by atoms with Crippen molar-refractivity contribution in [1.82, 2.24) is 34.7 Å². The van der Waals surface area contributed by atoms with E-state index in [4.69, 9.17) is 15.4 Å². The van der Waals surface area contributed by atoms with Gasteiger partial charge in [-0.25, -0.2) is 14.6 Å². The Bertz CT molecular complexity index is 1860. The van der Waals surface area contributed by atoms with Crippen LogP contribution in [0.15, 0.2) is 65.4 Å². The van der Waals surface area contributed by atoms with Crippen LogP contribution in [0.5, 0.6) is 0 Å². The molecule has 4 heterocycles. The summed E-state index contributed by atoms with van der Waals surface area (Å²) in [5, 5.41) is 12.5. The van der Waals surface area contributed by atoms with E-state index in [9.17, 15) is 9.59 Å². The SMILES string of the molecule is CCN1CCN(C(=O)CCc2ccc(-c3nn(-c4ccc(NC(=O)Cc5cc(C(C)(C)C)on5)cc4)c4ncnc(N)c34)cc2)CC1. The second kappa shape index (κ2) is 13.3. The van der Waals surface area contributed by atoms with Gasteiger partial charge in [0.15, 0.2) is 5.65 Å². The number of fused-ring (bicyclic) bond motifs is 1. The van der Waals surface area contributed by atoms with Crippen LogP contribution in [0.2, 0.25) is 0 Å². The van der Waals surface area contributed by atoms with Gasteiger partial charge in [0, 0.05) is 55.3 Å². The second-order valence-electron chi connectivity index (χ2n) is 12.9. The Morgan fingerprint density at radius 1 is 0.979 bits per heavy atom. The van der Waals surface area contributed by atoms with Gasteiger partial charge < -0.3 is 25.4 Å². The Morgan fingerprint density at radius 2 is 1.70 bits per heavy atom. The van der Waals surface area contributed by atoms with Gasteiger partial charge in [0.05, 0.1) is 23.2 Å². The number of likely N-dealkylation sites (N-methyl/N-ethyl adjacent to an activating group) is 1. The largest absolute Gasteiger partial charge is 0.383 e. The molecule has 12 nitrogen and oxygen atoms in total. The van der Waals surface area contributed by atoms with Crippen LogP contribution in [0.3, 0.4) is 0 Å². The van der Waals surface area contributed by atoms with E-state index in [-0.39, 0.29) is 23.7 Å². The van der Waals surface area contributed by atoms with Gasteiger partial charge in [0.2, 0.25) is 11.8 Å². The molecule has 6 rings (SSSR count). The number of nitrogens with one attached hydrogen (secondary N) is 1. The number of piperazine rings is 1. The van der Waals surface area contributed by atoms with Crippen molar-refractivity contribution in [1.29, 1.82) is 0 Å². The molecule has 0 radical (unpaired) electrons. The van der Waals surface area contributed by atoms with E-state index in [1.807, 2.05) is 80.3 Å². The van der Waals surface area contributed by atoms with Crippen molar-refractivity contribution in [2.75, 3.05) is 43.8 Å². The van der Waals surface area contributed by atoms with Gasteiger partial charge in [-0.15, -0.1) is 0 Å². The Balaban J connectivity index is 1.14. The first-order chi connectivity index (χ1) is 22.6. The zero-order chi connectivity index (χ0) is 33.1. The van der Waals surface area contributed by atoms with E-state index in [0.717, 1.165) is 55.3 Å². The molecule has 12 heteroatoms. The number of aromatic nitrogens is 5. The van der Waals surface area contributed by atoms with Gasteiger partial charge in [-0.2, -0.15) is 5.10 Å². The van der Waals surface area contributed by atoms with Crippen molar-refractivity contribution in [2.45, 2.75) is 52.4 Å². The van der Waals surface area contributed by atoms with Crippen LogP contribution in [0, 0.1) is 0 Å². The molecule has 3 aromatic heterocycles. The van der Waals surface area contributed by atoms with Crippen molar-refractivity contribution in [3.05, 3.63) is 77.9 Å². The van der Waals surface area contributed by atoms with Crippen molar-refractivity contribution < 1.29 is 14.1 Å². The molecule has 1 saturated heterocycles. The molecule has 244 valence electrons. The minimum Gasteiger partial charge on any atom is -0.383 e. The van der Waals surface area contributed by atoms with Gasteiger partial charge in [0.1, 0.15) is 23.6 Å². The predicted molar refractivity (Wildman–Crippen MR) is 181 cm³/mol. The van der Waals surface area contributed by atoms with Crippen LogP contribution in [-0.4, -0.2) is 79.2 Å². The summed E-state index contributed by atoms with van der Waals surface area (Å²) in [4.78, 5) is 38.6. The normalized spacial score (nSPS) is 14.1. The third-order valence-electron chi connectivity index (χ3n) is 8.56. The van der Waals surface area contributed by atoms with E-state index >= 15 is 0 Å². The lowest BCUT2D eigenvalue weighted by Gasteiger charge is -2.34. The third kappa shape index (κ3) is 7.17. The number of hydrogen-bond donors (Lipinski definition) is 2. The summed E-state index contributed by atoms with van der Waals surface area (Å²) in [6, 6.07) is 17.2. The number of nitrogens with two attached hydrogens (primary N) is 1. The average molecular weight is 636 g/mol. The first-order valence-electron chi connectivity index (χ1n) is 16.0. The summed E-state index contributed by atoms with van der Waals surface area (Å²) in [5.41, 5.74) is 11.3. The Morgan fingerprint density at radius 3 is 2.36 bits per heavy atom. The van der Waals surface area contributed by atoms with Crippen LogP contribution < -0.4 is 11.1 Å². The average Bonchev–Trinajstić information content (AvgIpc) is 3.70. The number of benzene rings is 2. The van der Waals surface area contributed by atoms with Gasteiger partial charge in [-0.1, -0.05) is 57.1 Å². The van der Waals surface area contributed by atoms with E-state index in [2.05, 4.69) is 32.3 Å². The van der Waals surface area contributed by atoms with E-state index < -0.39 is 0 Å². The highest BCUT2D eigenvalue weighted by Crippen LogP contribution is 2.32. The van der Waals surface area contributed by atoms with Crippen molar-refractivity contribution in [2.24, 2.45) is 0 Å². The standard InChI is InChI=1S/C35H41N9O3/c1-5-42-16-18-43(19-17-42)30(46)15-8-23-6-9-24(10-7-23)32-31-33(36)37-22-38-34(31)44(40-32)27-13-11-25(12-14-27)39-29(45)21-26-20-28(47-41-26)35(2,3)4/h6-7,9-14,20,22H,5,8,15-19,21H2,1-4H3,(H,39,45)(H2,36,37,38). The highest BCUT2D eigenvalue weighted by atomic mass is 16.5. The van der Waals surface area contributed by atoms with Crippen LogP contribution in [0.4, 0.5) is 11.5 Å². The van der Waals surface area contributed by atoms with E-state index in [1.54, 1.807) is 4.68 Å². The molecule has 1 aliphatic heterocycles. The monoisotopic (exact) mass is 635 g/mol. The maximum Gasteiger partial charge on any atom is 0.230 e. The fraction of sp³-hybridized carbons (Fsp3) is 0.371. The number of nitrogens with zero attached hydrogens (tertiary/aromatic N) is 7. The lowest BCUT2D eigenvalue weighted by molar-refractivity contribution is -0.132. The first kappa shape index (κ1) is 31.9. The number of aryl methyl sites for hydroxylation is 1. The summed E-state index contributed by atoms with van der Waals surface area (Å²) in [5.74, 6) is 1.08. The van der Waals surface area contributed by atoms with Gasteiger partial charge in [-0.3, -0.25) is 9.59 Å². The number of carbonyl (C=O) groups is 2. The Kier molecular flexibility index (Phi) is 9.04. The summed E-state index contributed by atoms with van der Waals surface area (Å²) >= 11 is 0. The van der Waals surface area contributed by atoms with Crippen molar-refractivity contribution >= 4 is 34.4 Å². The zero-order valence-corrected chi connectivity index (χ0v) is 27.4. The van der Waals surface area contributed by atoms with Crippen LogP contribution in [0.1, 0.15) is 51.1 Å². The Hall–Kier alpha value is -5.10. The maximum absolute atomic E-state index is 12.8. The topological polar surface area (TPSA) is 148 Å². The number of rotatable bonds is 9. The molecule has 3 N–H and O–H groups in total. The quantitative estimate of drug-likeness (QED) is 0.237. The lowest BCUT2D eigenvalue weighted by atomic mass is 9.93. The number of amides is 2. The lowest BCUT2D eigenvalue weighted by Crippen LogP contribution is -2.48. The zero-order valence-electron chi connectivity index (χ0n) is 27.4. The molecule has 0 saturated carbocycles. The number of carbonyl (C=O) groups excluding carboxylic acids is 2. The minimum absolute atomic E-state index is 0.107. The van der Waals surface area contributed by atoms with Crippen LogP contribution >= 0.6 is 0 Å². The fourth-order valence-corrected chi connectivity index (χ4v) is 5.71. The first-order valence-corrected chi connectivity index (χ1v) is 16.0. The fourth-order valence-electron chi connectivity index (χ4n) is 5.71. The van der Waals surface area contributed by atoms with Crippen LogP contribution in [0.25, 0.3) is 28.0 Å². The highest BCUT2D eigenvalue weighted by molar-refractivity contribution is 5.99. The molecule has 0 bridgehead atoms.